The van der Waals surface area contributed by atoms with Gasteiger partial charge in [0.25, 0.3) is 0 Å². The average molecular weight is 444 g/mol. The smallest absolute Gasteiger partial charge is 0.243 e. The fourth-order valence-electron chi connectivity index (χ4n) is 4.26. The highest BCUT2D eigenvalue weighted by Crippen LogP contribution is 2.25. The lowest BCUT2D eigenvalue weighted by Crippen LogP contribution is -2.48. The van der Waals surface area contributed by atoms with Crippen molar-refractivity contribution in [3.05, 3.63) is 53.6 Å². The third kappa shape index (κ3) is 5.08. The van der Waals surface area contributed by atoms with Gasteiger partial charge < -0.3 is 15.4 Å². The molecule has 2 aliphatic rings. The van der Waals surface area contributed by atoms with E-state index in [1.165, 1.54) is 21.9 Å². The van der Waals surface area contributed by atoms with Crippen molar-refractivity contribution in [2.75, 3.05) is 30.3 Å². The Labute approximate surface area is 183 Å². The maximum atomic E-state index is 12.9. The lowest BCUT2D eigenvalue weighted by atomic mass is 10.1. The summed E-state index contributed by atoms with van der Waals surface area (Å²) >= 11 is 0. The standard InChI is InChI=1S/C23H29N3O4S/c1-16-14-26(15-17(2)30-16)31(28,29)22-10-8-20(9-11-22)24-13-23(27)25-21-7-6-18-4-3-5-19(18)12-21/h6-12,16-17,24H,3-5,13-15H2,1-2H3,(H,25,27)/t16-,17-/m1/s1. The van der Waals surface area contributed by atoms with Crippen molar-refractivity contribution in [3.63, 3.8) is 0 Å². The molecule has 8 heteroatoms. The van der Waals surface area contributed by atoms with E-state index in [2.05, 4.69) is 16.7 Å². The second kappa shape index (κ2) is 8.98. The highest BCUT2D eigenvalue weighted by molar-refractivity contribution is 7.89. The van der Waals surface area contributed by atoms with Gasteiger partial charge >= 0.3 is 0 Å². The molecule has 2 aromatic carbocycles. The number of sulfonamides is 1. The summed E-state index contributed by atoms with van der Waals surface area (Å²) in [6.07, 6.45) is 3.08. The number of anilines is 2. The van der Waals surface area contributed by atoms with E-state index in [-0.39, 0.29) is 29.6 Å². The normalized spacial score (nSPS) is 21.5. The fraction of sp³-hybridized carbons (Fsp3) is 0.435. The molecule has 166 valence electrons. The van der Waals surface area contributed by atoms with Gasteiger partial charge in [-0.2, -0.15) is 4.31 Å². The summed E-state index contributed by atoms with van der Waals surface area (Å²) in [5.41, 5.74) is 4.17. The van der Waals surface area contributed by atoms with E-state index >= 15 is 0 Å². The largest absolute Gasteiger partial charge is 0.376 e. The van der Waals surface area contributed by atoms with Gasteiger partial charge in [0.2, 0.25) is 15.9 Å². The highest BCUT2D eigenvalue weighted by atomic mass is 32.2. The summed E-state index contributed by atoms with van der Waals surface area (Å²) in [5, 5.41) is 5.96. The number of rotatable bonds is 6. The van der Waals surface area contributed by atoms with E-state index in [4.69, 9.17) is 4.74 Å². The summed E-state index contributed by atoms with van der Waals surface area (Å²) in [4.78, 5) is 12.5. The molecule has 2 atom stereocenters. The van der Waals surface area contributed by atoms with Crippen LogP contribution in [0.5, 0.6) is 0 Å². The van der Waals surface area contributed by atoms with E-state index in [1.54, 1.807) is 24.3 Å². The van der Waals surface area contributed by atoms with Crippen LogP contribution in [0.2, 0.25) is 0 Å². The summed E-state index contributed by atoms with van der Waals surface area (Å²) in [5.74, 6) is -0.147. The summed E-state index contributed by atoms with van der Waals surface area (Å²) in [6.45, 7) is 4.53. The first-order valence-electron chi connectivity index (χ1n) is 10.7. The van der Waals surface area contributed by atoms with Gasteiger partial charge in [0.15, 0.2) is 0 Å². The number of nitrogens with one attached hydrogen (secondary N) is 2. The Morgan fingerprint density at radius 2 is 1.65 bits per heavy atom. The Balaban J connectivity index is 1.33. The van der Waals surface area contributed by atoms with Crippen molar-refractivity contribution in [1.29, 1.82) is 0 Å². The van der Waals surface area contributed by atoms with Crippen LogP contribution in [0, 0.1) is 0 Å². The first-order valence-corrected chi connectivity index (χ1v) is 12.2. The lowest BCUT2D eigenvalue weighted by molar-refractivity contribution is -0.114. The molecule has 1 fully saturated rings. The van der Waals surface area contributed by atoms with Gasteiger partial charge in [0.05, 0.1) is 23.6 Å². The van der Waals surface area contributed by atoms with Crippen molar-refractivity contribution >= 4 is 27.3 Å². The Kier molecular flexibility index (Phi) is 6.31. The molecule has 0 spiro atoms. The average Bonchev–Trinajstić information content (AvgIpc) is 3.20. The number of ether oxygens (including phenoxy) is 1. The number of aryl methyl sites for hydroxylation is 2. The van der Waals surface area contributed by atoms with Gasteiger partial charge in [0.1, 0.15) is 0 Å². The van der Waals surface area contributed by atoms with Crippen molar-refractivity contribution in [3.8, 4) is 0 Å². The minimum Gasteiger partial charge on any atom is -0.376 e. The lowest BCUT2D eigenvalue weighted by Gasteiger charge is -2.34. The van der Waals surface area contributed by atoms with Crippen LogP contribution in [0.25, 0.3) is 0 Å². The van der Waals surface area contributed by atoms with E-state index < -0.39 is 10.0 Å². The van der Waals surface area contributed by atoms with Crippen LogP contribution in [-0.4, -0.2) is 50.5 Å². The maximum Gasteiger partial charge on any atom is 0.243 e. The molecule has 0 radical (unpaired) electrons. The number of nitrogens with zero attached hydrogens (tertiary/aromatic N) is 1. The van der Waals surface area contributed by atoms with Crippen LogP contribution in [0.1, 0.15) is 31.4 Å². The van der Waals surface area contributed by atoms with Crippen molar-refractivity contribution in [1.82, 2.24) is 4.31 Å². The van der Waals surface area contributed by atoms with Crippen molar-refractivity contribution < 1.29 is 17.9 Å². The van der Waals surface area contributed by atoms with Crippen LogP contribution < -0.4 is 10.6 Å². The molecule has 0 aromatic heterocycles. The van der Waals surface area contributed by atoms with Gasteiger partial charge in [-0.05, 0) is 80.6 Å². The second-order valence-corrected chi connectivity index (χ2v) is 10.3. The predicted molar refractivity (Wildman–Crippen MR) is 121 cm³/mol. The molecule has 2 aromatic rings. The predicted octanol–water partition coefficient (Wildman–Crippen LogP) is 3.02. The zero-order valence-corrected chi connectivity index (χ0v) is 18.7. The third-order valence-corrected chi connectivity index (χ3v) is 7.56. The fourth-order valence-corrected chi connectivity index (χ4v) is 5.85. The maximum absolute atomic E-state index is 12.9. The molecule has 1 aliphatic heterocycles. The number of morpholine rings is 1. The van der Waals surface area contributed by atoms with Crippen LogP contribution in [0.3, 0.4) is 0 Å². The Bertz CT molecular complexity index is 1040. The Morgan fingerprint density at radius 3 is 2.35 bits per heavy atom. The number of carbonyl (C=O) groups is 1. The zero-order chi connectivity index (χ0) is 22.0. The van der Waals surface area contributed by atoms with Gasteiger partial charge in [-0.25, -0.2) is 8.42 Å². The second-order valence-electron chi connectivity index (χ2n) is 8.34. The molecule has 4 rings (SSSR count). The number of carbonyl (C=O) groups excluding carboxylic acids is 1. The first-order chi connectivity index (χ1) is 14.8. The molecule has 0 unspecified atom stereocenters. The van der Waals surface area contributed by atoms with E-state index in [9.17, 15) is 13.2 Å². The van der Waals surface area contributed by atoms with Gasteiger partial charge in [-0.15, -0.1) is 0 Å². The number of hydrogen-bond donors (Lipinski definition) is 2. The minimum absolute atomic E-state index is 0.0989. The van der Waals surface area contributed by atoms with Crippen LogP contribution in [0.4, 0.5) is 11.4 Å². The number of fused-ring (bicyclic) bond motifs is 1. The van der Waals surface area contributed by atoms with Gasteiger partial charge in [-0.3, -0.25) is 4.79 Å². The zero-order valence-electron chi connectivity index (χ0n) is 17.9. The van der Waals surface area contributed by atoms with E-state index in [0.29, 0.717) is 18.8 Å². The Morgan fingerprint density at radius 1 is 1.00 bits per heavy atom. The summed E-state index contributed by atoms with van der Waals surface area (Å²) in [7, 11) is -3.58. The molecule has 7 nitrogen and oxygen atoms in total. The van der Waals surface area contributed by atoms with Gasteiger partial charge in [0, 0.05) is 24.5 Å². The molecule has 31 heavy (non-hydrogen) atoms. The number of hydrogen-bond acceptors (Lipinski definition) is 5. The quantitative estimate of drug-likeness (QED) is 0.717. The monoisotopic (exact) mass is 443 g/mol. The summed E-state index contributed by atoms with van der Waals surface area (Å²) in [6, 6.07) is 12.6. The minimum atomic E-state index is -3.58. The molecule has 1 saturated heterocycles. The van der Waals surface area contributed by atoms with E-state index in [1.807, 2.05) is 26.0 Å². The molecule has 0 bridgehead atoms. The highest BCUT2D eigenvalue weighted by Gasteiger charge is 2.32. The molecular formula is C23H29N3O4S. The SMILES string of the molecule is C[C@@H]1CN(S(=O)(=O)c2ccc(NCC(=O)Nc3ccc4c(c3)CCC4)cc2)C[C@@H](C)O1. The van der Waals surface area contributed by atoms with E-state index in [0.717, 1.165) is 18.5 Å². The molecule has 1 heterocycles. The van der Waals surface area contributed by atoms with Crippen molar-refractivity contribution in [2.45, 2.75) is 50.2 Å². The molecule has 2 N–H and O–H groups in total. The van der Waals surface area contributed by atoms with Gasteiger partial charge in [-0.1, -0.05) is 6.07 Å². The molecule has 1 amide bonds. The Hall–Kier alpha value is -2.42. The summed E-state index contributed by atoms with van der Waals surface area (Å²) < 4.78 is 33.0. The van der Waals surface area contributed by atoms with Crippen LogP contribution in [0.15, 0.2) is 47.4 Å². The van der Waals surface area contributed by atoms with Crippen LogP contribution in [-0.2, 0) is 32.4 Å². The number of benzene rings is 2. The number of amides is 1. The topological polar surface area (TPSA) is 87.7 Å². The van der Waals surface area contributed by atoms with Crippen molar-refractivity contribution in [2.24, 2.45) is 0 Å². The third-order valence-electron chi connectivity index (χ3n) is 5.71. The first kappa shape index (κ1) is 21.8. The molecule has 1 aliphatic carbocycles. The van der Waals surface area contributed by atoms with Crippen LogP contribution >= 0.6 is 0 Å². The molecule has 0 saturated carbocycles. The molecular weight excluding hydrogens is 414 g/mol.